The van der Waals surface area contributed by atoms with Crippen LogP contribution in [0.4, 0.5) is 11.6 Å². The molecule has 1 fully saturated rings. The van der Waals surface area contributed by atoms with E-state index >= 15 is 0 Å². The van der Waals surface area contributed by atoms with E-state index in [1.807, 2.05) is 11.8 Å². The largest absolute Gasteiger partial charge is 0.481 e. The van der Waals surface area contributed by atoms with E-state index in [0.717, 1.165) is 0 Å². The summed E-state index contributed by atoms with van der Waals surface area (Å²) in [6, 6.07) is 0. The summed E-state index contributed by atoms with van der Waals surface area (Å²) in [6.07, 6.45) is 3.98. The quantitative estimate of drug-likeness (QED) is 0.656. The molecule has 8 heteroatoms. The van der Waals surface area contributed by atoms with Crippen molar-refractivity contribution in [2.75, 3.05) is 18.0 Å². The SMILES string of the molecule is CCC1(C(=O)O)CCN(c2ncc([N+](=O)[O-])cn2)CC1. The van der Waals surface area contributed by atoms with E-state index in [2.05, 4.69) is 9.97 Å². The first-order chi connectivity index (χ1) is 9.48. The molecule has 0 saturated carbocycles. The molecule has 108 valence electrons. The molecule has 1 N–H and O–H groups in total. The zero-order valence-electron chi connectivity index (χ0n) is 11.2. The lowest BCUT2D eigenvalue weighted by atomic mass is 9.76. The van der Waals surface area contributed by atoms with E-state index in [0.29, 0.717) is 38.3 Å². The average Bonchev–Trinajstić information content (AvgIpc) is 2.47. The summed E-state index contributed by atoms with van der Waals surface area (Å²) in [6.45, 7) is 2.96. The lowest BCUT2D eigenvalue weighted by Gasteiger charge is -2.38. The van der Waals surface area contributed by atoms with Gasteiger partial charge in [-0.15, -0.1) is 0 Å². The molecule has 0 aliphatic carbocycles. The molecule has 1 aromatic rings. The predicted molar refractivity (Wildman–Crippen MR) is 70.5 cm³/mol. The Morgan fingerprint density at radius 3 is 2.40 bits per heavy atom. The lowest BCUT2D eigenvalue weighted by Crippen LogP contribution is -2.44. The number of hydrogen-bond acceptors (Lipinski definition) is 6. The second-order valence-corrected chi connectivity index (χ2v) is 4.92. The van der Waals surface area contributed by atoms with Crippen molar-refractivity contribution >= 4 is 17.6 Å². The topological polar surface area (TPSA) is 109 Å². The van der Waals surface area contributed by atoms with Gasteiger partial charge in [-0.05, 0) is 19.3 Å². The van der Waals surface area contributed by atoms with Crippen molar-refractivity contribution in [3.05, 3.63) is 22.5 Å². The number of carboxylic acid groups (broad SMARTS) is 1. The van der Waals surface area contributed by atoms with Crippen LogP contribution in [-0.2, 0) is 4.79 Å². The van der Waals surface area contributed by atoms with Crippen LogP contribution < -0.4 is 4.90 Å². The van der Waals surface area contributed by atoms with Crippen LogP contribution in [-0.4, -0.2) is 39.1 Å². The minimum Gasteiger partial charge on any atom is -0.481 e. The summed E-state index contributed by atoms with van der Waals surface area (Å²) < 4.78 is 0. The number of rotatable bonds is 4. The Labute approximate surface area is 115 Å². The van der Waals surface area contributed by atoms with E-state index in [1.165, 1.54) is 12.4 Å². The fraction of sp³-hybridized carbons (Fsp3) is 0.583. The summed E-state index contributed by atoms with van der Waals surface area (Å²) in [4.78, 5) is 31.1. The first-order valence-corrected chi connectivity index (χ1v) is 6.43. The Balaban J connectivity index is 2.07. The number of anilines is 1. The highest BCUT2D eigenvalue weighted by molar-refractivity contribution is 5.75. The number of nitrogens with zero attached hydrogens (tertiary/aromatic N) is 4. The second kappa shape index (κ2) is 5.40. The number of carboxylic acids is 1. The van der Waals surface area contributed by atoms with Gasteiger partial charge in [0.15, 0.2) is 0 Å². The molecule has 2 rings (SSSR count). The summed E-state index contributed by atoms with van der Waals surface area (Å²) in [5.74, 6) is -0.352. The monoisotopic (exact) mass is 280 g/mol. The Morgan fingerprint density at radius 1 is 1.45 bits per heavy atom. The standard InChI is InChI=1S/C12H16N4O4/c1-2-12(10(17)18)3-5-15(6-4-12)11-13-7-9(8-14-11)16(19)20/h7-8H,2-6H2,1H3,(H,17,18). The third-order valence-electron chi connectivity index (χ3n) is 3.97. The van der Waals surface area contributed by atoms with Crippen molar-refractivity contribution in [3.63, 3.8) is 0 Å². The fourth-order valence-electron chi connectivity index (χ4n) is 2.43. The van der Waals surface area contributed by atoms with Gasteiger partial charge in [0.25, 0.3) is 0 Å². The lowest BCUT2D eigenvalue weighted by molar-refractivity contribution is -0.385. The molecule has 0 unspecified atom stereocenters. The minimum atomic E-state index is -0.760. The first kappa shape index (κ1) is 14.2. The molecule has 0 spiro atoms. The maximum atomic E-state index is 11.3. The Morgan fingerprint density at radius 2 is 2.00 bits per heavy atom. The summed E-state index contributed by atoms with van der Waals surface area (Å²) in [5, 5.41) is 19.9. The number of hydrogen-bond donors (Lipinski definition) is 1. The van der Waals surface area contributed by atoms with E-state index in [-0.39, 0.29) is 5.69 Å². The van der Waals surface area contributed by atoms with E-state index in [9.17, 15) is 20.0 Å². The van der Waals surface area contributed by atoms with Crippen LogP contribution in [0.2, 0.25) is 0 Å². The van der Waals surface area contributed by atoms with Crippen LogP contribution in [0.3, 0.4) is 0 Å². The average molecular weight is 280 g/mol. The van der Waals surface area contributed by atoms with Crippen LogP contribution in [0.1, 0.15) is 26.2 Å². The van der Waals surface area contributed by atoms with Gasteiger partial charge >= 0.3 is 11.7 Å². The molecule has 1 saturated heterocycles. The third kappa shape index (κ3) is 2.54. The van der Waals surface area contributed by atoms with Crippen LogP contribution in [0.25, 0.3) is 0 Å². The first-order valence-electron chi connectivity index (χ1n) is 6.43. The maximum absolute atomic E-state index is 11.3. The fourth-order valence-corrected chi connectivity index (χ4v) is 2.43. The Hall–Kier alpha value is -2.25. The predicted octanol–water partition coefficient (Wildman–Crippen LogP) is 1.47. The molecule has 1 aliphatic heterocycles. The number of nitro groups is 1. The highest BCUT2D eigenvalue weighted by Crippen LogP contribution is 2.35. The van der Waals surface area contributed by atoms with Crippen molar-refractivity contribution in [2.45, 2.75) is 26.2 Å². The van der Waals surface area contributed by atoms with Gasteiger partial charge in [0.1, 0.15) is 12.4 Å². The molecule has 8 nitrogen and oxygen atoms in total. The van der Waals surface area contributed by atoms with Gasteiger partial charge in [-0.25, -0.2) is 9.97 Å². The van der Waals surface area contributed by atoms with Crippen LogP contribution in [0.5, 0.6) is 0 Å². The Kier molecular flexibility index (Phi) is 3.82. The second-order valence-electron chi connectivity index (χ2n) is 4.92. The van der Waals surface area contributed by atoms with Crippen molar-refractivity contribution in [1.82, 2.24) is 9.97 Å². The van der Waals surface area contributed by atoms with Crippen molar-refractivity contribution in [3.8, 4) is 0 Å². The third-order valence-corrected chi connectivity index (χ3v) is 3.97. The molecule has 20 heavy (non-hydrogen) atoms. The minimum absolute atomic E-state index is 0.154. The zero-order chi connectivity index (χ0) is 14.8. The molecular formula is C12H16N4O4. The van der Waals surface area contributed by atoms with E-state index in [1.54, 1.807) is 0 Å². The van der Waals surface area contributed by atoms with Gasteiger partial charge in [-0.3, -0.25) is 14.9 Å². The van der Waals surface area contributed by atoms with Gasteiger partial charge < -0.3 is 10.0 Å². The number of aliphatic carboxylic acids is 1. The van der Waals surface area contributed by atoms with E-state index < -0.39 is 16.3 Å². The van der Waals surface area contributed by atoms with Crippen molar-refractivity contribution in [1.29, 1.82) is 0 Å². The van der Waals surface area contributed by atoms with Crippen LogP contribution >= 0.6 is 0 Å². The summed E-state index contributed by atoms with van der Waals surface area (Å²) in [5.41, 5.74) is -0.823. The van der Waals surface area contributed by atoms with Gasteiger partial charge in [0, 0.05) is 13.1 Å². The molecule has 0 aromatic carbocycles. The van der Waals surface area contributed by atoms with E-state index in [4.69, 9.17) is 0 Å². The van der Waals surface area contributed by atoms with Gasteiger partial charge in [-0.1, -0.05) is 6.92 Å². The summed E-state index contributed by atoms with van der Waals surface area (Å²) in [7, 11) is 0. The van der Waals surface area contributed by atoms with Gasteiger partial charge in [0.05, 0.1) is 10.3 Å². The van der Waals surface area contributed by atoms with Crippen LogP contribution in [0, 0.1) is 15.5 Å². The summed E-state index contributed by atoms with van der Waals surface area (Å²) >= 11 is 0. The maximum Gasteiger partial charge on any atom is 0.309 e. The highest BCUT2D eigenvalue weighted by atomic mass is 16.6. The molecular weight excluding hydrogens is 264 g/mol. The molecule has 0 radical (unpaired) electrons. The van der Waals surface area contributed by atoms with Crippen LogP contribution in [0.15, 0.2) is 12.4 Å². The molecule has 0 atom stereocenters. The molecule has 0 bridgehead atoms. The Bertz CT molecular complexity index is 509. The molecule has 2 heterocycles. The number of aromatic nitrogens is 2. The zero-order valence-corrected chi connectivity index (χ0v) is 11.2. The number of piperidine rings is 1. The van der Waals surface area contributed by atoms with Crippen molar-refractivity contribution in [2.24, 2.45) is 5.41 Å². The van der Waals surface area contributed by atoms with Crippen molar-refractivity contribution < 1.29 is 14.8 Å². The molecule has 1 aromatic heterocycles. The molecule has 1 aliphatic rings. The molecule has 0 amide bonds. The highest BCUT2D eigenvalue weighted by Gasteiger charge is 2.40. The smallest absolute Gasteiger partial charge is 0.309 e. The number of carbonyl (C=O) groups is 1. The van der Waals surface area contributed by atoms with Gasteiger partial charge in [0.2, 0.25) is 5.95 Å². The van der Waals surface area contributed by atoms with Gasteiger partial charge in [-0.2, -0.15) is 0 Å². The normalized spacial score (nSPS) is 17.8.